The minimum Gasteiger partial charge on any atom is -0.550 e. The molecule has 0 radical (unpaired) electrons. The highest BCUT2D eigenvalue weighted by Crippen LogP contribution is 2.37. The molecular formula is C13H15O3-. The summed E-state index contributed by atoms with van der Waals surface area (Å²) in [6.45, 7) is 1.95. The molecule has 0 heterocycles. The van der Waals surface area contributed by atoms with Gasteiger partial charge in [-0.25, -0.2) is 0 Å². The number of benzene rings is 1. The molecule has 0 N–H and O–H groups in total. The summed E-state index contributed by atoms with van der Waals surface area (Å²) in [6.07, 6.45) is 1.44. The Kier molecular flexibility index (Phi) is 2.86. The van der Waals surface area contributed by atoms with Crippen LogP contribution in [0.1, 0.15) is 30.4 Å². The van der Waals surface area contributed by atoms with Gasteiger partial charge in [0, 0.05) is 11.9 Å². The third kappa shape index (κ3) is 1.77. The number of methoxy groups -OCH3 is 1. The highest BCUT2D eigenvalue weighted by molar-refractivity contribution is 5.70. The summed E-state index contributed by atoms with van der Waals surface area (Å²) in [7, 11) is 1.64. The lowest BCUT2D eigenvalue weighted by Gasteiger charge is -2.32. The number of ether oxygens (including phenoxy) is 1. The van der Waals surface area contributed by atoms with Gasteiger partial charge in [0.05, 0.1) is 7.11 Å². The van der Waals surface area contributed by atoms with Crippen molar-refractivity contribution in [3.8, 4) is 5.75 Å². The molecule has 3 nitrogen and oxygen atoms in total. The zero-order valence-corrected chi connectivity index (χ0v) is 9.53. The Labute approximate surface area is 95.0 Å². The molecule has 0 saturated carbocycles. The van der Waals surface area contributed by atoms with Crippen LogP contribution >= 0.6 is 0 Å². The normalized spacial score (nSPS) is 23.6. The van der Waals surface area contributed by atoms with Gasteiger partial charge in [-0.05, 0) is 42.0 Å². The first-order chi connectivity index (χ1) is 7.63. The Morgan fingerprint density at radius 3 is 2.88 bits per heavy atom. The molecule has 0 fully saturated rings. The molecule has 3 heteroatoms. The van der Waals surface area contributed by atoms with E-state index in [4.69, 9.17) is 4.74 Å². The summed E-state index contributed by atoms with van der Waals surface area (Å²) in [4.78, 5) is 11.0. The van der Waals surface area contributed by atoms with Crippen LogP contribution in [0.2, 0.25) is 0 Å². The molecule has 0 aliphatic heterocycles. The zero-order chi connectivity index (χ0) is 11.7. The monoisotopic (exact) mass is 219 g/mol. The SMILES string of the molecule is COc1ccc2c(c1)CC[C@H](C(=O)[O-])[C@H]2C. The Bertz CT molecular complexity index is 412. The molecule has 1 aromatic rings. The summed E-state index contributed by atoms with van der Waals surface area (Å²) in [5.41, 5.74) is 2.31. The highest BCUT2D eigenvalue weighted by Gasteiger charge is 2.27. The third-order valence-electron chi connectivity index (χ3n) is 3.47. The number of rotatable bonds is 2. The van der Waals surface area contributed by atoms with E-state index in [0.29, 0.717) is 6.42 Å². The van der Waals surface area contributed by atoms with Gasteiger partial charge in [-0.15, -0.1) is 0 Å². The summed E-state index contributed by atoms with van der Waals surface area (Å²) in [5.74, 6) is -0.438. The second-order valence-electron chi connectivity index (χ2n) is 4.32. The van der Waals surface area contributed by atoms with E-state index in [1.54, 1.807) is 7.11 Å². The van der Waals surface area contributed by atoms with Gasteiger partial charge in [0.15, 0.2) is 0 Å². The van der Waals surface area contributed by atoms with Crippen molar-refractivity contribution in [2.75, 3.05) is 7.11 Å². The van der Waals surface area contributed by atoms with Crippen LogP contribution in [0.4, 0.5) is 0 Å². The van der Waals surface area contributed by atoms with Crippen LogP contribution in [0.25, 0.3) is 0 Å². The number of aliphatic carboxylic acids is 1. The lowest BCUT2D eigenvalue weighted by molar-refractivity contribution is -0.312. The smallest absolute Gasteiger partial charge is 0.119 e. The van der Waals surface area contributed by atoms with Crippen molar-refractivity contribution in [2.24, 2.45) is 5.92 Å². The molecule has 1 aliphatic rings. The molecule has 0 unspecified atom stereocenters. The lowest BCUT2D eigenvalue weighted by Crippen LogP contribution is -2.36. The standard InChI is InChI=1S/C13H16O3/c1-8-11-6-4-10(16-2)7-9(11)3-5-12(8)13(14)15/h4,6-8,12H,3,5H2,1-2H3,(H,14,15)/p-1/t8-,12-/m0/s1. The van der Waals surface area contributed by atoms with Crippen molar-refractivity contribution >= 4 is 5.97 Å². The first kappa shape index (κ1) is 11.0. The molecule has 0 aromatic heterocycles. The second kappa shape index (κ2) is 4.16. The molecular weight excluding hydrogens is 204 g/mol. The van der Waals surface area contributed by atoms with Gasteiger partial charge in [0.25, 0.3) is 0 Å². The second-order valence-corrected chi connectivity index (χ2v) is 4.32. The maximum absolute atomic E-state index is 11.0. The van der Waals surface area contributed by atoms with E-state index in [0.717, 1.165) is 17.7 Å². The molecule has 1 aliphatic carbocycles. The van der Waals surface area contributed by atoms with Crippen LogP contribution in [-0.2, 0) is 11.2 Å². The highest BCUT2D eigenvalue weighted by atomic mass is 16.5. The largest absolute Gasteiger partial charge is 0.550 e. The molecule has 0 saturated heterocycles. The Morgan fingerprint density at radius 2 is 2.25 bits per heavy atom. The van der Waals surface area contributed by atoms with Gasteiger partial charge in [0.1, 0.15) is 5.75 Å². The molecule has 0 spiro atoms. The number of carboxylic acids is 1. The summed E-state index contributed by atoms with van der Waals surface area (Å²) in [6, 6.07) is 5.85. The third-order valence-corrected chi connectivity index (χ3v) is 3.47. The number of carboxylic acid groups (broad SMARTS) is 1. The minimum atomic E-state index is -0.936. The van der Waals surface area contributed by atoms with Crippen LogP contribution < -0.4 is 9.84 Å². The van der Waals surface area contributed by atoms with E-state index in [9.17, 15) is 9.90 Å². The summed E-state index contributed by atoms with van der Waals surface area (Å²) >= 11 is 0. The van der Waals surface area contributed by atoms with Gasteiger partial charge in [-0.3, -0.25) is 0 Å². The van der Waals surface area contributed by atoms with Gasteiger partial charge < -0.3 is 14.6 Å². The fourth-order valence-electron chi connectivity index (χ4n) is 2.47. The van der Waals surface area contributed by atoms with Crippen molar-refractivity contribution in [3.63, 3.8) is 0 Å². The average Bonchev–Trinajstić information content (AvgIpc) is 2.28. The number of carbonyl (C=O) groups is 1. The van der Waals surface area contributed by atoms with E-state index < -0.39 is 5.97 Å². The zero-order valence-electron chi connectivity index (χ0n) is 9.53. The van der Waals surface area contributed by atoms with E-state index in [2.05, 4.69) is 0 Å². The van der Waals surface area contributed by atoms with Gasteiger partial charge in [-0.2, -0.15) is 0 Å². The average molecular weight is 219 g/mol. The van der Waals surface area contributed by atoms with Crippen molar-refractivity contribution in [1.82, 2.24) is 0 Å². The van der Waals surface area contributed by atoms with E-state index in [-0.39, 0.29) is 11.8 Å². The van der Waals surface area contributed by atoms with E-state index in [1.165, 1.54) is 5.56 Å². The first-order valence-electron chi connectivity index (χ1n) is 5.51. The molecule has 86 valence electrons. The van der Waals surface area contributed by atoms with E-state index >= 15 is 0 Å². The fourth-order valence-corrected chi connectivity index (χ4v) is 2.47. The number of hydrogen-bond donors (Lipinski definition) is 0. The summed E-state index contributed by atoms with van der Waals surface area (Å²) in [5, 5.41) is 11.0. The molecule has 0 amide bonds. The van der Waals surface area contributed by atoms with Crippen LogP contribution in [0.3, 0.4) is 0 Å². The Morgan fingerprint density at radius 1 is 1.50 bits per heavy atom. The topological polar surface area (TPSA) is 49.4 Å². The van der Waals surface area contributed by atoms with E-state index in [1.807, 2.05) is 25.1 Å². The summed E-state index contributed by atoms with van der Waals surface area (Å²) < 4.78 is 5.16. The maximum Gasteiger partial charge on any atom is 0.119 e. The van der Waals surface area contributed by atoms with Crippen molar-refractivity contribution in [1.29, 1.82) is 0 Å². The lowest BCUT2D eigenvalue weighted by atomic mass is 9.76. The molecule has 2 atom stereocenters. The number of hydrogen-bond acceptors (Lipinski definition) is 3. The fraction of sp³-hybridized carbons (Fsp3) is 0.462. The minimum absolute atomic E-state index is 0.0275. The number of fused-ring (bicyclic) bond motifs is 1. The van der Waals surface area contributed by atoms with Crippen LogP contribution in [0.15, 0.2) is 18.2 Å². The quantitative estimate of drug-likeness (QED) is 0.748. The van der Waals surface area contributed by atoms with Crippen LogP contribution in [-0.4, -0.2) is 13.1 Å². The van der Waals surface area contributed by atoms with Gasteiger partial charge >= 0.3 is 0 Å². The first-order valence-corrected chi connectivity index (χ1v) is 5.51. The number of carbonyl (C=O) groups excluding carboxylic acids is 1. The Hall–Kier alpha value is -1.51. The number of aryl methyl sites for hydroxylation is 1. The van der Waals surface area contributed by atoms with Crippen molar-refractivity contribution in [2.45, 2.75) is 25.7 Å². The predicted octanol–water partition coefficient (Wildman–Crippen LogP) is 1.11. The molecule has 1 aromatic carbocycles. The van der Waals surface area contributed by atoms with Crippen molar-refractivity contribution < 1.29 is 14.6 Å². The predicted molar refractivity (Wildman–Crippen MR) is 58.2 cm³/mol. The van der Waals surface area contributed by atoms with Gasteiger partial charge in [-0.1, -0.05) is 13.0 Å². The molecule has 16 heavy (non-hydrogen) atoms. The molecule has 0 bridgehead atoms. The molecule has 2 rings (SSSR count). The van der Waals surface area contributed by atoms with Crippen LogP contribution in [0.5, 0.6) is 5.75 Å². The maximum atomic E-state index is 11.0. The van der Waals surface area contributed by atoms with Crippen LogP contribution in [0, 0.1) is 5.92 Å². The van der Waals surface area contributed by atoms with Gasteiger partial charge in [0.2, 0.25) is 0 Å². The Balaban J connectivity index is 2.35. The van der Waals surface area contributed by atoms with Crippen molar-refractivity contribution in [3.05, 3.63) is 29.3 Å².